The van der Waals surface area contributed by atoms with E-state index in [0.717, 1.165) is 27.5 Å². The Kier molecular flexibility index (Phi) is 6.16. The topological polar surface area (TPSA) is 40.5 Å². The number of carboxylic acids is 1. The summed E-state index contributed by atoms with van der Waals surface area (Å²) >= 11 is 6.86. The van der Waals surface area contributed by atoms with Crippen LogP contribution in [0.25, 0.3) is 0 Å². The molecule has 17 heavy (non-hydrogen) atoms. The van der Waals surface area contributed by atoms with E-state index in [2.05, 4.69) is 31.9 Å². The van der Waals surface area contributed by atoms with Crippen molar-refractivity contribution in [2.45, 2.75) is 19.9 Å². The first-order valence-corrected chi connectivity index (χ1v) is 6.99. The molecule has 0 aliphatic rings. The second kappa shape index (κ2) is 7.13. The minimum atomic E-state index is -0.783. The highest BCUT2D eigenvalue weighted by Gasteiger charge is 2.10. The SMILES string of the molecule is CCCN(CC(=O)O)Cc1ccc(Br)c(Br)c1. The second-order valence-corrected chi connectivity index (χ2v) is 5.56. The van der Waals surface area contributed by atoms with Gasteiger partial charge in [-0.25, -0.2) is 0 Å². The molecular weight excluding hydrogens is 350 g/mol. The molecule has 0 saturated heterocycles. The standard InChI is InChI=1S/C12H15Br2NO2/c1-2-5-15(8-12(16)17)7-9-3-4-10(13)11(14)6-9/h3-4,6H,2,5,7-8H2,1H3,(H,16,17). The largest absolute Gasteiger partial charge is 0.480 e. The Morgan fingerprint density at radius 2 is 2.06 bits per heavy atom. The predicted molar refractivity (Wildman–Crippen MR) is 75.0 cm³/mol. The van der Waals surface area contributed by atoms with E-state index in [1.807, 2.05) is 30.0 Å². The Morgan fingerprint density at radius 3 is 2.59 bits per heavy atom. The minimum Gasteiger partial charge on any atom is -0.480 e. The van der Waals surface area contributed by atoms with Crippen LogP contribution in [0.1, 0.15) is 18.9 Å². The molecule has 0 radical (unpaired) electrons. The minimum absolute atomic E-state index is 0.0848. The molecular formula is C12H15Br2NO2. The summed E-state index contributed by atoms with van der Waals surface area (Å²) in [5.41, 5.74) is 1.11. The molecule has 1 aromatic carbocycles. The summed E-state index contributed by atoms with van der Waals surface area (Å²) < 4.78 is 1.99. The number of nitrogens with zero attached hydrogens (tertiary/aromatic N) is 1. The monoisotopic (exact) mass is 363 g/mol. The van der Waals surface area contributed by atoms with Gasteiger partial charge in [-0.15, -0.1) is 0 Å². The zero-order valence-corrected chi connectivity index (χ0v) is 12.8. The first-order chi connectivity index (χ1) is 8.02. The number of aliphatic carboxylic acids is 1. The summed E-state index contributed by atoms with van der Waals surface area (Å²) in [5, 5.41) is 8.83. The molecule has 0 amide bonds. The van der Waals surface area contributed by atoms with Crippen molar-refractivity contribution in [1.82, 2.24) is 4.90 Å². The van der Waals surface area contributed by atoms with Crippen molar-refractivity contribution in [3.8, 4) is 0 Å². The van der Waals surface area contributed by atoms with Crippen molar-refractivity contribution >= 4 is 37.8 Å². The Hall–Kier alpha value is -0.390. The van der Waals surface area contributed by atoms with E-state index in [1.165, 1.54) is 0 Å². The van der Waals surface area contributed by atoms with Gasteiger partial charge in [0.15, 0.2) is 0 Å². The molecule has 0 spiro atoms. The van der Waals surface area contributed by atoms with Gasteiger partial charge in [-0.3, -0.25) is 9.69 Å². The van der Waals surface area contributed by atoms with Gasteiger partial charge in [0.05, 0.1) is 6.54 Å². The summed E-state index contributed by atoms with van der Waals surface area (Å²) in [5.74, 6) is -0.783. The zero-order chi connectivity index (χ0) is 12.8. The number of carbonyl (C=O) groups is 1. The molecule has 0 saturated carbocycles. The fourth-order valence-corrected chi connectivity index (χ4v) is 2.29. The fourth-order valence-electron chi connectivity index (χ4n) is 1.62. The van der Waals surface area contributed by atoms with E-state index in [4.69, 9.17) is 5.11 Å². The van der Waals surface area contributed by atoms with E-state index in [0.29, 0.717) is 6.54 Å². The van der Waals surface area contributed by atoms with E-state index in [1.54, 1.807) is 0 Å². The van der Waals surface area contributed by atoms with Crippen LogP contribution in [-0.2, 0) is 11.3 Å². The third-order valence-corrected chi connectivity index (χ3v) is 4.17. The number of carboxylic acid groups (broad SMARTS) is 1. The Bertz CT molecular complexity index is 396. The molecule has 0 unspecified atom stereocenters. The highest BCUT2D eigenvalue weighted by molar-refractivity contribution is 9.13. The van der Waals surface area contributed by atoms with Crippen LogP contribution in [-0.4, -0.2) is 29.1 Å². The molecule has 94 valence electrons. The highest BCUT2D eigenvalue weighted by atomic mass is 79.9. The van der Waals surface area contributed by atoms with Crippen molar-refractivity contribution in [2.75, 3.05) is 13.1 Å². The van der Waals surface area contributed by atoms with Gasteiger partial charge in [0.1, 0.15) is 0 Å². The first kappa shape index (κ1) is 14.7. The van der Waals surface area contributed by atoms with Gasteiger partial charge in [-0.2, -0.15) is 0 Å². The molecule has 3 nitrogen and oxygen atoms in total. The lowest BCUT2D eigenvalue weighted by molar-refractivity contribution is -0.138. The van der Waals surface area contributed by atoms with Crippen LogP contribution < -0.4 is 0 Å². The van der Waals surface area contributed by atoms with Gasteiger partial charge in [-0.1, -0.05) is 13.0 Å². The summed E-state index contributed by atoms with van der Waals surface area (Å²) in [6.45, 7) is 3.58. The smallest absolute Gasteiger partial charge is 0.317 e. The zero-order valence-electron chi connectivity index (χ0n) is 9.62. The van der Waals surface area contributed by atoms with E-state index >= 15 is 0 Å². The van der Waals surface area contributed by atoms with Gasteiger partial charge >= 0.3 is 5.97 Å². The quantitative estimate of drug-likeness (QED) is 0.839. The summed E-state index contributed by atoms with van der Waals surface area (Å²) in [6, 6.07) is 5.97. The molecule has 0 heterocycles. The number of halogens is 2. The predicted octanol–water partition coefficient (Wildman–Crippen LogP) is 3.51. The third-order valence-electron chi connectivity index (χ3n) is 2.29. The lowest BCUT2D eigenvalue weighted by Gasteiger charge is -2.19. The van der Waals surface area contributed by atoms with Crippen LogP contribution in [0.4, 0.5) is 0 Å². The van der Waals surface area contributed by atoms with Crippen LogP contribution in [0, 0.1) is 0 Å². The van der Waals surface area contributed by atoms with Crippen molar-refractivity contribution in [2.24, 2.45) is 0 Å². The number of rotatable bonds is 6. The average Bonchev–Trinajstić information content (AvgIpc) is 2.23. The van der Waals surface area contributed by atoms with Crippen molar-refractivity contribution in [3.05, 3.63) is 32.7 Å². The van der Waals surface area contributed by atoms with E-state index in [-0.39, 0.29) is 6.54 Å². The maximum absolute atomic E-state index is 10.7. The van der Waals surface area contributed by atoms with Crippen LogP contribution in [0.15, 0.2) is 27.1 Å². The number of hydrogen-bond donors (Lipinski definition) is 1. The maximum Gasteiger partial charge on any atom is 0.317 e. The van der Waals surface area contributed by atoms with E-state index < -0.39 is 5.97 Å². The molecule has 1 aromatic rings. The third kappa shape index (κ3) is 5.19. The van der Waals surface area contributed by atoms with Gasteiger partial charge in [0.25, 0.3) is 0 Å². The number of benzene rings is 1. The van der Waals surface area contributed by atoms with Gasteiger partial charge in [-0.05, 0) is 62.5 Å². The average molecular weight is 365 g/mol. The second-order valence-electron chi connectivity index (χ2n) is 3.85. The lowest BCUT2D eigenvalue weighted by Crippen LogP contribution is -2.30. The van der Waals surface area contributed by atoms with Crippen molar-refractivity contribution in [3.63, 3.8) is 0 Å². The molecule has 0 atom stereocenters. The van der Waals surface area contributed by atoms with Gasteiger partial charge in [0.2, 0.25) is 0 Å². The summed E-state index contributed by atoms with van der Waals surface area (Å²) in [4.78, 5) is 12.7. The molecule has 0 bridgehead atoms. The van der Waals surface area contributed by atoms with Gasteiger partial charge < -0.3 is 5.11 Å². The van der Waals surface area contributed by atoms with Crippen LogP contribution in [0.5, 0.6) is 0 Å². The molecule has 0 aliphatic heterocycles. The molecule has 1 N–H and O–H groups in total. The molecule has 0 fully saturated rings. The molecule has 0 aliphatic carbocycles. The normalized spacial score (nSPS) is 10.8. The van der Waals surface area contributed by atoms with E-state index in [9.17, 15) is 4.79 Å². The summed E-state index contributed by atoms with van der Waals surface area (Å²) in [6.07, 6.45) is 0.949. The lowest BCUT2D eigenvalue weighted by atomic mass is 10.2. The van der Waals surface area contributed by atoms with Crippen LogP contribution in [0.3, 0.4) is 0 Å². The van der Waals surface area contributed by atoms with Crippen molar-refractivity contribution < 1.29 is 9.90 Å². The Labute approximate surface area is 118 Å². The number of hydrogen-bond acceptors (Lipinski definition) is 2. The van der Waals surface area contributed by atoms with Gasteiger partial charge in [0, 0.05) is 15.5 Å². The first-order valence-electron chi connectivity index (χ1n) is 5.41. The fraction of sp³-hybridized carbons (Fsp3) is 0.417. The summed E-state index contributed by atoms with van der Waals surface area (Å²) in [7, 11) is 0. The molecule has 1 rings (SSSR count). The Balaban J connectivity index is 2.71. The molecule has 0 aromatic heterocycles. The Morgan fingerprint density at radius 1 is 1.35 bits per heavy atom. The molecule has 5 heteroatoms. The van der Waals surface area contributed by atoms with Crippen LogP contribution >= 0.6 is 31.9 Å². The maximum atomic E-state index is 10.7. The highest BCUT2D eigenvalue weighted by Crippen LogP contribution is 2.24. The van der Waals surface area contributed by atoms with Crippen molar-refractivity contribution in [1.29, 1.82) is 0 Å². The van der Waals surface area contributed by atoms with Crippen LogP contribution in [0.2, 0.25) is 0 Å².